The number of nitrogens with zero attached hydrogens (tertiary/aromatic N) is 2. The second-order valence-corrected chi connectivity index (χ2v) is 6.52. The van der Waals surface area contributed by atoms with Crippen molar-refractivity contribution in [3.63, 3.8) is 0 Å². The third-order valence-corrected chi connectivity index (χ3v) is 4.87. The maximum Gasteiger partial charge on any atom is 0.212 e. The Hall–Kier alpha value is -2.01. The van der Waals surface area contributed by atoms with Gasteiger partial charge in [-0.05, 0) is 12.5 Å². The average molecular weight is 286 g/mol. The minimum Gasteiger partial charge on any atom is -0.497 e. The Bertz CT molecular complexity index is 693. The number of hydroxylamine groups is 2. The van der Waals surface area contributed by atoms with Gasteiger partial charge >= 0.3 is 0 Å². The molecule has 0 aromatic heterocycles. The minimum atomic E-state index is -0.574. The third kappa shape index (κ3) is 1.42. The summed E-state index contributed by atoms with van der Waals surface area (Å²) in [5.74, 6) is 0.773. The van der Waals surface area contributed by atoms with Crippen molar-refractivity contribution in [2.45, 2.75) is 26.3 Å². The molecule has 2 saturated heterocycles. The van der Waals surface area contributed by atoms with Crippen LogP contribution in [0.2, 0.25) is 0 Å². The number of Topliss-reactive ketones (excluding diaryl/α,β-unsaturated/α-hetero) is 1. The smallest absolute Gasteiger partial charge is 0.212 e. The van der Waals surface area contributed by atoms with Gasteiger partial charge in [-0.15, -0.1) is 0 Å². The number of carbonyl (C=O) groups excluding carboxylic acids is 1. The molecule has 5 nitrogen and oxygen atoms in total. The van der Waals surface area contributed by atoms with E-state index in [9.17, 15) is 10.0 Å². The Labute approximate surface area is 123 Å². The molecule has 4 aliphatic heterocycles. The van der Waals surface area contributed by atoms with E-state index >= 15 is 0 Å². The number of methoxy groups -OCH3 is 1. The van der Waals surface area contributed by atoms with Crippen molar-refractivity contribution in [2.24, 2.45) is 5.41 Å². The average Bonchev–Trinajstić information content (AvgIpc) is 2.65. The van der Waals surface area contributed by atoms with Crippen LogP contribution in [0.25, 0.3) is 0 Å². The molecule has 1 atom stereocenters. The summed E-state index contributed by atoms with van der Waals surface area (Å²) in [6.45, 7) is 5.09. The van der Waals surface area contributed by atoms with Crippen LogP contribution in [0.4, 0.5) is 5.69 Å². The number of ketones is 1. The molecule has 0 amide bonds. The standard InChI is InChI=1S/C16H18N2O3/c1-16(2)6-7-17-11-8-9(21-3)4-5-10(11)12-14(19)13(15(16)17)18(12)20/h4-5,8,12,20H,6-7H2,1-3H3. The zero-order valence-electron chi connectivity index (χ0n) is 12.4. The summed E-state index contributed by atoms with van der Waals surface area (Å²) in [4.78, 5) is 14.7. The maximum absolute atomic E-state index is 12.5. The fourth-order valence-electron chi connectivity index (χ4n) is 3.71. The summed E-state index contributed by atoms with van der Waals surface area (Å²) in [5.41, 5.74) is 3.08. The highest BCUT2D eigenvalue weighted by Gasteiger charge is 2.54. The van der Waals surface area contributed by atoms with Crippen LogP contribution in [0.15, 0.2) is 29.6 Å². The highest BCUT2D eigenvalue weighted by atomic mass is 16.5. The van der Waals surface area contributed by atoms with Crippen LogP contribution in [-0.4, -0.2) is 29.7 Å². The molecule has 1 N–H and O–H groups in total. The van der Waals surface area contributed by atoms with E-state index in [1.165, 1.54) is 0 Å². The molecule has 2 bridgehead atoms. The zero-order valence-corrected chi connectivity index (χ0v) is 12.4. The van der Waals surface area contributed by atoms with E-state index < -0.39 is 6.04 Å². The summed E-state index contributed by atoms with van der Waals surface area (Å²) in [6, 6.07) is 5.10. The molecule has 1 aromatic carbocycles. The molecule has 110 valence electrons. The molecule has 0 aliphatic carbocycles. The van der Waals surface area contributed by atoms with Crippen LogP contribution in [0.3, 0.4) is 0 Å². The van der Waals surface area contributed by atoms with Crippen molar-refractivity contribution in [3.05, 3.63) is 35.2 Å². The maximum atomic E-state index is 12.5. The number of benzene rings is 1. The number of carbonyl (C=O) groups is 1. The predicted molar refractivity (Wildman–Crippen MR) is 77.1 cm³/mol. The van der Waals surface area contributed by atoms with Gasteiger partial charge in [-0.25, -0.2) is 5.06 Å². The van der Waals surface area contributed by atoms with Crippen molar-refractivity contribution >= 4 is 11.5 Å². The van der Waals surface area contributed by atoms with Crippen LogP contribution in [0.5, 0.6) is 5.75 Å². The molecule has 1 unspecified atom stereocenters. The van der Waals surface area contributed by atoms with Crippen molar-refractivity contribution < 1.29 is 14.7 Å². The van der Waals surface area contributed by atoms with Gasteiger partial charge in [-0.1, -0.05) is 19.9 Å². The highest BCUT2D eigenvalue weighted by molar-refractivity contribution is 6.08. The van der Waals surface area contributed by atoms with Gasteiger partial charge in [0.2, 0.25) is 5.78 Å². The summed E-state index contributed by atoms with van der Waals surface area (Å²) in [7, 11) is 1.63. The summed E-state index contributed by atoms with van der Waals surface area (Å²) in [5, 5.41) is 11.5. The van der Waals surface area contributed by atoms with E-state index in [0.29, 0.717) is 5.70 Å². The first-order valence-electron chi connectivity index (χ1n) is 7.18. The number of anilines is 1. The topological polar surface area (TPSA) is 53.0 Å². The second kappa shape index (κ2) is 3.80. The molecule has 2 fully saturated rings. The van der Waals surface area contributed by atoms with E-state index in [2.05, 4.69) is 18.7 Å². The van der Waals surface area contributed by atoms with E-state index in [-0.39, 0.29) is 11.2 Å². The van der Waals surface area contributed by atoms with Gasteiger partial charge in [0.05, 0.1) is 18.5 Å². The number of hydrogen-bond donors (Lipinski definition) is 1. The molecule has 0 radical (unpaired) electrons. The van der Waals surface area contributed by atoms with Crippen molar-refractivity contribution in [1.29, 1.82) is 0 Å². The second-order valence-electron chi connectivity index (χ2n) is 6.52. The van der Waals surface area contributed by atoms with E-state index in [4.69, 9.17) is 4.74 Å². The zero-order chi connectivity index (χ0) is 14.9. The van der Waals surface area contributed by atoms with Crippen LogP contribution < -0.4 is 9.64 Å². The lowest BCUT2D eigenvalue weighted by molar-refractivity contribution is -0.169. The third-order valence-electron chi connectivity index (χ3n) is 4.87. The Balaban J connectivity index is 2.00. The summed E-state index contributed by atoms with van der Waals surface area (Å²) < 4.78 is 5.32. The molecule has 5 rings (SSSR count). The molecule has 4 heterocycles. The SMILES string of the molecule is COc1ccc2c(c1)N1CCC(C)(C)C1=C1C(=O)C2N1O. The van der Waals surface area contributed by atoms with Gasteiger partial charge in [0, 0.05) is 23.6 Å². The normalized spacial score (nSPS) is 25.3. The molecule has 0 saturated carbocycles. The van der Waals surface area contributed by atoms with Crippen LogP contribution in [0, 0.1) is 5.41 Å². The molecular formula is C16H18N2O3. The van der Waals surface area contributed by atoms with Crippen LogP contribution >= 0.6 is 0 Å². The van der Waals surface area contributed by atoms with Gasteiger partial charge in [-0.2, -0.15) is 0 Å². The van der Waals surface area contributed by atoms with Crippen molar-refractivity contribution in [2.75, 3.05) is 18.6 Å². The largest absolute Gasteiger partial charge is 0.497 e. The van der Waals surface area contributed by atoms with E-state index in [1.54, 1.807) is 7.11 Å². The Kier molecular flexibility index (Phi) is 2.30. The molecule has 1 aromatic rings. The summed E-state index contributed by atoms with van der Waals surface area (Å²) >= 11 is 0. The quantitative estimate of drug-likeness (QED) is 0.859. The van der Waals surface area contributed by atoms with Gasteiger partial charge in [0.15, 0.2) is 0 Å². The fraction of sp³-hybridized carbons (Fsp3) is 0.438. The number of hydrogen-bond acceptors (Lipinski definition) is 5. The molecular weight excluding hydrogens is 268 g/mol. The van der Waals surface area contributed by atoms with Crippen LogP contribution in [-0.2, 0) is 4.79 Å². The highest BCUT2D eigenvalue weighted by Crippen LogP contribution is 2.55. The first kappa shape index (κ1) is 12.7. The van der Waals surface area contributed by atoms with Gasteiger partial charge < -0.3 is 9.64 Å². The minimum absolute atomic E-state index is 0.0105. The number of rotatable bonds is 1. The van der Waals surface area contributed by atoms with Crippen molar-refractivity contribution in [3.8, 4) is 5.75 Å². The lowest BCUT2D eigenvalue weighted by atomic mass is 9.83. The monoisotopic (exact) mass is 286 g/mol. The predicted octanol–water partition coefficient (Wildman–Crippen LogP) is 2.47. The molecule has 0 spiro atoms. The lowest BCUT2D eigenvalue weighted by Crippen LogP contribution is -2.47. The first-order valence-corrected chi connectivity index (χ1v) is 7.18. The first-order chi connectivity index (χ1) is 9.95. The lowest BCUT2D eigenvalue weighted by Gasteiger charge is -2.39. The Morgan fingerprint density at radius 1 is 1.38 bits per heavy atom. The van der Waals surface area contributed by atoms with E-state index in [1.807, 2.05) is 18.2 Å². The molecule has 21 heavy (non-hydrogen) atoms. The van der Waals surface area contributed by atoms with Crippen molar-refractivity contribution in [1.82, 2.24) is 5.06 Å². The Morgan fingerprint density at radius 3 is 2.81 bits per heavy atom. The van der Waals surface area contributed by atoms with E-state index in [0.717, 1.165) is 40.7 Å². The van der Waals surface area contributed by atoms with Crippen LogP contribution in [0.1, 0.15) is 31.9 Å². The molecule has 5 heteroatoms. The van der Waals surface area contributed by atoms with Gasteiger partial charge in [0.25, 0.3) is 0 Å². The number of allylic oxidation sites excluding steroid dienone is 1. The van der Waals surface area contributed by atoms with Gasteiger partial charge in [0.1, 0.15) is 17.5 Å². The number of ether oxygens (including phenoxy) is 1. The summed E-state index contributed by atoms with van der Waals surface area (Å²) in [6.07, 6.45) is 0.953. The fourth-order valence-corrected chi connectivity index (χ4v) is 3.71. The molecule has 4 aliphatic rings. The Morgan fingerprint density at radius 2 is 2.14 bits per heavy atom. The van der Waals surface area contributed by atoms with Gasteiger partial charge in [-0.3, -0.25) is 10.0 Å².